The highest BCUT2D eigenvalue weighted by Gasteiger charge is 2.37. The van der Waals surface area contributed by atoms with Crippen LogP contribution in [0.4, 0.5) is 0 Å². The van der Waals surface area contributed by atoms with Crippen LogP contribution in [0.1, 0.15) is 12.8 Å². The van der Waals surface area contributed by atoms with Crippen LogP contribution in [0.25, 0.3) is 0 Å². The minimum atomic E-state index is -3.62. The Bertz CT molecular complexity index is 597. The molecular formula is C13H15Cl3O4S. The quantitative estimate of drug-likeness (QED) is 0.738. The summed E-state index contributed by atoms with van der Waals surface area (Å²) in [5.41, 5.74) is -0.554. The average molecular weight is 374 g/mol. The smallest absolute Gasteiger partial charge is 0.233 e. The van der Waals surface area contributed by atoms with Gasteiger partial charge in [0.15, 0.2) is 0 Å². The Kier molecular flexibility index (Phi) is 5.65. The first-order valence-electron chi connectivity index (χ1n) is 6.38. The number of halogens is 3. The van der Waals surface area contributed by atoms with E-state index in [1.165, 1.54) is 0 Å². The second-order valence-electron chi connectivity index (χ2n) is 5.16. The molecule has 0 aliphatic carbocycles. The normalized spacial score (nSPS) is 18.4. The molecule has 0 unspecified atom stereocenters. The van der Waals surface area contributed by atoms with Gasteiger partial charge in [0.1, 0.15) is 5.75 Å². The van der Waals surface area contributed by atoms with E-state index in [1.807, 2.05) is 0 Å². The van der Waals surface area contributed by atoms with Crippen LogP contribution in [0, 0.1) is 5.41 Å². The van der Waals surface area contributed by atoms with Crippen LogP contribution in [-0.2, 0) is 13.8 Å². The lowest BCUT2D eigenvalue weighted by molar-refractivity contribution is 0.00230. The van der Waals surface area contributed by atoms with Crippen LogP contribution in [0.2, 0.25) is 10.0 Å². The number of rotatable bonds is 5. The zero-order valence-corrected chi connectivity index (χ0v) is 14.2. The molecule has 21 heavy (non-hydrogen) atoms. The Labute approximate surface area is 138 Å². The molecule has 1 aromatic rings. The van der Waals surface area contributed by atoms with Crippen molar-refractivity contribution in [3.8, 4) is 5.75 Å². The second kappa shape index (κ2) is 6.92. The Morgan fingerprint density at radius 1 is 1.24 bits per heavy atom. The van der Waals surface area contributed by atoms with Crippen molar-refractivity contribution in [2.24, 2.45) is 5.41 Å². The maximum Gasteiger partial charge on any atom is 0.233 e. The maximum absolute atomic E-state index is 11.5. The van der Waals surface area contributed by atoms with Gasteiger partial charge in [0.2, 0.25) is 9.05 Å². The molecule has 1 aliphatic heterocycles. The fraction of sp³-hybridized carbons (Fsp3) is 0.538. The summed E-state index contributed by atoms with van der Waals surface area (Å²) >= 11 is 11.9. The van der Waals surface area contributed by atoms with E-state index in [2.05, 4.69) is 0 Å². The SMILES string of the molecule is O=S(=O)(Cl)CC1(COc2ccc(Cl)cc2Cl)CCOCC1. The van der Waals surface area contributed by atoms with Crippen molar-refractivity contribution in [3.63, 3.8) is 0 Å². The third-order valence-corrected chi connectivity index (χ3v) is 5.27. The Balaban J connectivity index is 2.12. The second-order valence-corrected chi connectivity index (χ2v) is 8.78. The predicted molar refractivity (Wildman–Crippen MR) is 84.1 cm³/mol. The summed E-state index contributed by atoms with van der Waals surface area (Å²) in [6.45, 7) is 1.19. The summed E-state index contributed by atoms with van der Waals surface area (Å²) in [4.78, 5) is 0. The molecule has 8 heteroatoms. The van der Waals surface area contributed by atoms with Gasteiger partial charge in [0.25, 0.3) is 0 Å². The Hall–Kier alpha value is -0.200. The number of ether oxygens (including phenoxy) is 2. The summed E-state index contributed by atoms with van der Waals surface area (Å²) in [5.74, 6) is 0.328. The van der Waals surface area contributed by atoms with E-state index < -0.39 is 14.5 Å². The molecule has 1 fully saturated rings. The fourth-order valence-electron chi connectivity index (χ4n) is 2.32. The largest absolute Gasteiger partial charge is 0.491 e. The lowest BCUT2D eigenvalue weighted by atomic mass is 9.83. The summed E-state index contributed by atoms with van der Waals surface area (Å²) in [7, 11) is 1.80. The van der Waals surface area contributed by atoms with E-state index in [1.54, 1.807) is 18.2 Å². The van der Waals surface area contributed by atoms with Crippen molar-refractivity contribution in [2.75, 3.05) is 25.6 Å². The minimum absolute atomic E-state index is 0.143. The van der Waals surface area contributed by atoms with Gasteiger partial charge in [-0.15, -0.1) is 0 Å². The lowest BCUT2D eigenvalue weighted by Crippen LogP contribution is -2.40. The first-order chi connectivity index (χ1) is 9.80. The van der Waals surface area contributed by atoms with E-state index in [0.29, 0.717) is 41.9 Å². The van der Waals surface area contributed by atoms with Crippen LogP contribution in [0.5, 0.6) is 5.75 Å². The van der Waals surface area contributed by atoms with E-state index in [4.69, 9.17) is 43.4 Å². The molecule has 4 nitrogen and oxygen atoms in total. The molecule has 0 N–H and O–H groups in total. The first-order valence-corrected chi connectivity index (χ1v) is 9.61. The first kappa shape index (κ1) is 17.2. The van der Waals surface area contributed by atoms with Crippen molar-refractivity contribution in [1.29, 1.82) is 0 Å². The molecule has 1 aromatic carbocycles. The molecule has 1 heterocycles. The predicted octanol–water partition coefficient (Wildman–Crippen LogP) is 3.74. The van der Waals surface area contributed by atoms with Crippen LogP contribution in [0.15, 0.2) is 18.2 Å². The van der Waals surface area contributed by atoms with Crippen LogP contribution in [0.3, 0.4) is 0 Å². The van der Waals surface area contributed by atoms with E-state index in [-0.39, 0.29) is 12.4 Å². The summed E-state index contributed by atoms with van der Waals surface area (Å²) in [6.07, 6.45) is 1.15. The lowest BCUT2D eigenvalue weighted by Gasteiger charge is -2.35. The molecule has 0 amide bonds. The van der Waals surface area contributed by atoms with Gasteiger partial charge in [0.05, 0.1) is 17.4 Å². The van der Waals surface area contributed by atoms with E-state index >= 15 is 0 Å². The molecule has 0 saturated carbocycles. The molecule has 0 radical (unpaired) electrons. The molecule has 1 saturated heterocycles. The molecular weight excluding hydrogens is 359 g/mol. The minimum Gasteiger partial charge on any atom is -0.491 e. The number of hydrogen-bond donors (Lipinski definition) is 0. The molecule has 0 aromatic heterocycles. The van der Waals surface area contributed by atoms with Crippen LogP contribution < -0.4 is 4.74 Å². The highest BCUT2D eigenvalue weighted by molar-refractivity contribution is 8.13. The van der Waals surface area contributed by atoms with Gasteiger partial charge >= 0.3 is 0 Å². The van der Waals surface area contributed by atoms with Gasteiger partial charge in [-0.2, -0.15) is 0 Å². The third kappa shape index (κ3) is 5.18. The van der Waals surface area contributed by atoms with Crippen molar-refractivity contribution in [1.82, 2.24) is 0 Å². The molecule has 0 atom stereocenters. The zero-order chi connectivity index (χ0) is 15.5. The standard InChI is InChI=1S/C13H15Cl3O4S/c14-10-1-2-12(11(15)7-10)20-8-13(9-21(16,17)18)3-5-19-6-4-13/h1-2,7H,3-6,8-9H2. The zero-order valence-electron chi connectivity index (χ0n) is 11.1. The molecule has 118 valence electrons. The fourth-order valence-corrected chi connectivity index (χ4v) is 4.58. The summed E-state index contributed by atoms with van der Waals surface area (Å²) in [6, 6.07) is 4.90. The van der Waals surface area contributed by atoms with Crippen LogP contribution in [-0.4, -0.2) is 34.0 Å². The Morgan fingerprint density at radius 2 is 1.90 bits per heavy atom. The van der Waals surface area contributed by atoms with Gasteiger partial charge in [0, 0.05) is 34.3 Å². The van der Waals surface area contributed by atoms with Gasteiger partial charge in [-0.1, -0.05) is 23.2 Å². The van der Waals surface area contributed by atoms with Crippen molar-refractivity contribution < 1.29 is 17.9 Å². The van der Waals surface area contributed by atoms with E-state index in [0.717, 1.165) is 0 Å². The number of hydrogen-bond acceptors (Lipinski definition) is 4. The highest BCUT2D eigenvalue weighted by Crippen LogP contribution is 2.35. The topological polar surface area (TPSA) is 52.6 Å². The maximum atomic E-state index is 11.5. The monoisotopic (exact) mass is 372 g/mol. The summed E-state index contributed by atoms with van der Waals surface area (Å²) in [5, 5.41) is 0.898. The number of benzene rings is 1. The third-order valence-electron chi connectivity index (χ3n) is 3.46. The highest BCUT2D eigenvalue weighted by atomic mass is 35.7. The van der Waals surface area contributed by atoms with Gasteiger partial charge in [-0.3, -0.25) is 0 Å². The van der Waals surface area contributed by atoms with E-state index in [9.17, 15) is 8.42 Å². The molecule has 1 aliphatic rings. The Morgan fingerprint density at radius 3 is 2.48 bits per heavy atom. The summed E-state index contributed by atoms with van der Waals surface area (Å²) < 4.78 is 33.9. The van der Waals surface area contributed by atoms with Crippen molar-refractivity contribution in [3.05, 3.63) is 28.2 Å². The molecule has 2 rings (SSSR count). The average Bonchev–Trinajstić information content (AvgIpc) is 2.37. The molecule has 0 spiro atoms. The van der Waals surface area contributed by atoms with Crippen LogP contribution >= 0.6 is 33.9 Å². The molecule has 0 bridgehead atoms. The van der Waals surface area contributed by atoms with Gasteiger partial charge in [-0.05, 0) is 31.0 Å². The van der Waals surface area contributed by atoms with Crippen molar-refractivity contribution >= 4 is 42.9 Å². The van der Waals surface area contributed by atoms with Gasteiger partial charge in [-0.25, -0.2) is 8.42 Å². The van der Waals surface area contributed by atoms with Crippen molar-refractivity contribution in [2.45, 2.75) is 12.8 Å². The van der Waals surface area contributed by atoms with Gasteiger partial charge < -0.3 is 9.47 Å².